The Bertz CT molecular complexity index is 268. The second kappa shape index (κ2) is 5.50. The second-order valence-electron chi connectivity index (χ2n) is 3.58. The molecule has 5 heteroatoms. The first-order valence-electron chi connectivity index (χ1n) is 5.15. The van der Waals surface area contributed by atoms with E-state index in [9.17, 15) is 14.7 Å². The SMILES string of the molecule is CC[NH+]1CCN(C(=O)C=CC(=O)[O-])CC1. The third-order valence-electron chi connectivity index (χ3n) is 2.64. The first-order valence-corrected chi connectivity index (χ1v) is 5.15. The van der Waals surface area contributed by atoms with Gasteiger partial charge in [-0.2, -0.15) is 0 Å². The van der Waals surface area contributed by atoms with Gasteiger partial charge in [-0.25, -0.2) is 0 Å². The highest BCUT2D eigenvalue weighted by atomic mass is 16.4. The predicted molar refractivity (Wildman–Crippen MR) is 52.0 cm³/mol. The molecule has 0 saturated carbocycles. The van der Waals surface area contributed by atoms with E-state index in [4.69, 9.17) is 0 Å². The molecule has 0 aliphatic carbocycles. The van der Waals surface area contributed by atoms with Gasteiger partial charge in [0, 0.05) is 6.08 Å². The minimum absolute atomic E-state index is 0.241. The molecule has 1 N–H and O–H groups in total. The zero-order valence-corrected chi connectivity index (χ0v) is 8.86. The van der Waals surface area contributed by atoms with Crippen LogP contribution < -0.4 is 10.0 Å². The second-order valence-corrected chi connectivity index (χ2v) is 3.58. The molecule has 84 valence electrons. The lowest BCUT2D eigenvalue weighted by molar-refractivity contribution is -0.902. The van der Waals surface area contributed by atoms with Gasteiger partial charge in [0.1, 0.15) is 0 Å². The lowest BCUT2D eigenvalue weighted by atomic mass is 10.3. The van der Waals surface area contributed by atoms with Gasteiger partial charge in [0.2, 0.25) is 5.91 Å². The van der Waals surface area contributed by atoms with Gasteiger partial charge in [-0.15, -0.1) is 0 Å². The zero-order chi connectivity index (χ0) is 11.3. The van der Waals surface area contributed by atoms with Crippen molar-refractivity contribution in [1.29, 1.82) is 0 Å². The number of piperazine rings is 1. The fourth-order valence-corrected chi connectivity index (χ4v) is 1.64. The first-order chi connectivity index (χ1) is 7.13. The molecule has 0 spiro atoms. The minimum atomic E-state index is -1.33. The van der Waals surface area contributed by atoms with E-state index in [-0.39, 0.29) is 5.91 Å². The normalized spacial score (nSPS) is 18.3. The molecule has 1 heterocycles. The molecule has 0 aromatic heterocycles. The van der Waals surface area contributed by atoms with Crippen LogP contribution in [0, 0.1) is 0 Å². The summed E-state index contributed by atoms with van der Waals surface area (Å²) in [7, 11) is 0. The average molecular weight is 212 g/mol. The molecule has 1 saturated heterocycles. The van der Waals surface area contributed by atoms with Crippen LogP contribution in [0.25, 0.3) is 0 Å². The van der Waals surface area contributed by atoms with Gasteiger partial charge in [0.25, 0.3) is 0 Å². The van der Waals surface area contributed by atoms with Crippen molar-refractivity contribution in [2.45, 2.75) is 6.92 Å². The number of hydrogen-bond donors (Lipinski definition) is 1. The number of amides is 1. The van der Waals surface area contributed by atoms with Crippen molar-refractivity contribution >= 4 is 11.9 Å². The number of hydrogen-bond acceptors (Lipinski definition) is 3. The lowest BCUT2D eigenvalue weighted by Gasteiger charge is -2.30. The van der Waals surface area contributed by atoms with Crippen LogP contribution in [0.2, 0.25) is 0 Å². The topological polar surface area (TPSA) is 64.9 Å². The minimum Gasteiger partial charge on any atom is -0.545 e. The number of quaternary nitrogens is 1. The number of carboxylic acids is 1. The van der Waals surface area contributed by atoms with Crippen molar-refractivity contribution < 1.29 is 19.6 Å². The van der Waals surface area contributed by atoms with E-state index >= 15 is 0 Å². The fraction of sp³-hybridized carbons (Fsp3) is 0.600. The van der Waals surface area contributed by atoms with E-state index in [1.807, 2.05) is 0 Å². The number of likely N-dealkylation sites (N-methyl/N-ethyl adjacent to an activating group) is 1. The van der Waals surface area contributed by atoms with Crippen LogP contribution in [0.3, 0.4) is 0 Å². The third-order valence-corrected chi connectivity index (χ3v) is 2.64. The summed E-state index contributed by atoms with van der Waals surface area (Å²) in [4.78, 5) is 24.7. The fourth-order valence-electron chi connectivity index (χ4n) is 1.64. The van der Waals surface area contributed by atoms with E-state index in [0.29, 0.717) is 13.1 Å². The van der Waals surface area contributed by atoms with Crippen LogP contribution in [0.5, 0.6) is 0 Å². The predicted octanol–water partition coefficient (Wildman–Crippen LogP) is -2.96. The van der Waals surface area contributed by atoms with Gasteiger partial charge in [0.05, 0.1) is 38.7 Å². The van der Waals surface area contributed by atoms with E-state index in [0.717, 1.165) is 31.8 Å². The lowest BCUT2D eigenvalue weighted by Crippen LogP contribution is -3.14. The average Bonchev–Trinajstić information content (AvgIpc) is 2.26. The molecule has 1 aliphatic rings. The smallest absolute Gasteiger partial charge is 0.247 e. The van der Waals surface area contributed by atoms with Crippen LogP contribution in [0.1, 0.15) is 6.92 Å². The first kappa shape index (κ1) is 11.7. The Balaban J connectivity index is 2.39. The molecule has 1 amide bonds. The van der Waals surface area contributed by atoms with Crippen molar-refractivity contribution in [3.8, 4) is 0 Å². The van der Waals surface area contributed by atoms with Crippen LogP contribution in [-0.2, 0) is 9.59 Å². The van der Waals surface area contributed by atoms with Gasteiger partial charge in [-0.3, -0.25) is 4.79 Å². The molecule has 15 heavy (non-hydrogen) atoms. The van der Waals surface area contributed by atoms with Crippen LogP contribution in [0.4, 0.5) is 0 Å². The maximum Gasteiger partial charge on any atom is 0.247 e. The molecule has 0 aromatic rings. The van der Waals surface area contributed by atoms with Gasteiger partial charge in [-0.05, 0) is 13.0 Å². The summed E-state index contributed by atoms with van der Waals surface area (Å²) in [5, 5.41) is 10.1. The van der Waals surface area contributed by atoms with E-state index in [1.165, 1.54) is 4.90 Å². The van der Waals surface area contributed by atoms with E-state index in [2.05, 4.69) is 6.92 Å². The maximum absolute atomic E-state index is 11.4. The molecule has 0 aromatic carbocycles. The standard InChI is InChI=1S/C10H16N2O3/c1-2-11-5-7-12(8-6-11)9(13)3-4-10(14)15/h3-4H,2,5-8H2,1H3,(H,14,15). The summed E-state index contributed by atoms with van der Waals surface area (Å²) in [6, 6.07) is 0. The molecular weight excluding hydrogens is 196 g/mol. The number of carbonyl (C=O) groups is 2. The van der Waals surface area contributed by atoms with Crippen molar-refractivity contribution in [3.05, 3.63) is 12.2 Å². The van der Waals surface area contributed by atoms with Crippen molar-refractivity contribution in [3.63, 3.8) is 0 Å². The Morgan fingerprint density at radius 1 is 1.33 bits per heavy atom. The number of nitrogens with one attached hydrogen (secondary N) is 1. The highest BCUT2D eigenvalue weighted by Crippen LogP contribution is 1.92. The Morgan fingerprint density at radius 3 is 2.40 bits per heavy atom. The molecule has 1 aliphatic heterocycles. The molecule has 0 atom stereocenters. The van der Waals surface area contributed by atoms with Gasteiger partial charge in [0.15, 0.2) is 0 Å². The molecular formula is C10H16N2O3. The number of carbonyl (C=O) groups excluding carboxylic acids is 2. The maximum atomic E-state index is 11.4. The number of nitrogens with zero attached hydrogens (tertiary/aromatic N) is 1. The van der Waals surface area contributed by atoms with Crippen LogP contribution >= 0.6 is 0 Å². The van der Waals surface area contributed by atoms with Gasteiger partial charge < -0.3 is 19.7 Å². The Labute approximate surface area is 89.0 Å². The third kappa shape index (κ3) is 3.71. The number of carboxylic acid groups (broad SMARTS) is 1. The van der Waals surface area contributed by atoms with Crippen LogP contribution in [0.15, 0.2) is 12.2 Å². The largest absolute Gasteiger partial charge is 0.545 e. The highest BCUT2D eigenvalue weighted by Gasteiger charge is 2.20. The Hall–Kier alpha value is -1.36. The molecule has 1 rings (SSSR count). The Morgan fingerprint density at radius 2 is 1.93 bits per heavy atom. The summed E-state index contributed by atoms with van der Waals surface area (Å²) >= 11 is 0. The van der Waals surface area contributed by atoms with Crippen LogP contribution in [-0.4, -0.2) is 49.5 Å². The summed E-state index contributed by atoms with van der Waals surface area (Å²) in [6.45, 7) is 6.43. The summed E-state index contributed by atoms with van der Waals surface area (Å²) in [5.74, 6) is -1.57. The van der Waals surface area contributed by atoms with Gasteiger partial charge >= 0.3 is 0 Å². The monoisotopic (exact) mass is 212 g/mol. The van der Waals surface area contributed by atoms with Crippen molar-refractivity contribution in [2.75, 3.05) is 32.7 Å². The van der Waals surface area contributed by atoms with E-state index < -0.39 is 5.97 Å². The molecule has 0 bridgehead atoms. The van der Waals surface area contributed by atoms with Crippen molar-refractivity contribution in [2.24, 2.45) is 0 Å². The molecule has 1 fully saturated rings. The van der Waals surface area contributed by atoms with Crippen molar-refractivity contribution in [1.82, 2.24) is 4.90 Å². The summed E-state index contributed by atoms with van der Waals surface area (Å²) in [5.41, 5.74) is 0. The molecule has 5 nitrogen and oxygen atoms in total. The molecule has 0 radical (unpaired) electrons. The highest BCUT2D eigenvalue weighted by molar-refractivity contribution is 5.93. The van der Waals surface area contributed by atoms with Gasteiger partial charge in [-0.1, -0.05) is 0 Å². The Kier molecular flexibility index (Phi) is 4.30. The number of rotatable bonds is 3. The quantitative estimate of drug-likeness (QED) is 0.508. The number of aliphatic carboxylic acids is 1. The summed E-state index contributed by atoms with van der Waals surface area (Å²) in [6.07, 6.45) is 1.84. The summed E-state index contributed by atoms with van der Waals surface area (Å²) < 4.78 is 0. The van der Waals surface area contributed by atoms with E-state index in [1.54, 1.807) is 4.90 Å². The zero-order valence-electron chi connectivity index (χ0n) is 8.86. The molecule has 0 unspecified atom stereocenters.